The first kappa shape index (κ1) is 14.1. The van der Waals surface area contributed by atoms with Crippen LogP contribution in [0.1, 0.15) is 35.9 Å². The second kappa shape index (κ2) is 6.70. The number of hydrogen-bond acceptors (Lipinski definition) is 3. The van der Waals surface area contributed by atoms with Crippen molar-refractivity contribution in [2.45, 2.75) is 19.9 Å². The number of aromatic nitrogens is 1. The molecule has 1 heterocycles. The van der Waals surface area contributed by atoms with Crippen LogP contribution < -0.4 is 10.1 Å². The van der Waals surface area contributed by atoms with Gasteiger partial charge < -0.3 is 10.1 Å². The van der Waals surface area contributed by atoms with Crippen molar-refractivity contribution in [3.8, 4) is 5.75 Å². The largest absolute Gasteiger partial charge is 0.494 e. The zero-order valence-electron chi connectivity index (χ0n) is 11.7. The van der Waals surface area contributed by atoms with Crippen LogP contribution in [0, 0.1) is 0 Å². The van der Waals surface area contributed by atoms with E-state index in [1.165, 1.54) is 0 Å². The number of rotatable bonds is 5. The molecule has 0 fully saturated rings. The summed E-state index contributed by atoms with van der Waals surface area (Å²) >= 11 is 0. The highest BCUT2D eigenvalue weighted by Crippen LogP contribution is 2.17. The lowest BCUT2D eigenvalue weighted by Gasteiger charge is -2.14. The molecule has 1 amide bonds. The second-order valence-electron chi connectivity index (χ2n) is 4.41. The van der Waals surface area contributed by atoms with Gasteiger partial charge in [0.2, 0.25) is 0 Å². The van der Waals surface area contributed by atoms with Gasteiger partial charge in [0.05, 0.1) is 12.6 Å². The van der Waals surface area contributed by atoms with Crippen LogP contribution in [-0.2, 0) is 0 Å². The van der Waals surface area contributed by atoms with Gasteiger partial charge in [0.15, 0.2) is 0 Å². The molecule has 0 saturated heterocycles. The van der Waals surface area contributed by atoms with E-state index in [9.17, 15) is 4.79 Å². The van der Waals surface area contributed by atoms with Gasteiger partial charge in [-0.25, -0.2) is 0 Å². The van der Waals surface area contributed by atoms with Crippen LogP contribution in [0.25, 0.3) is 0 Å². The van der Waals surface area contributed by atoms with Gasteiger partial charge in [0.1, 0.15) is 11.4 Å². The number of nitrogens with zero attached hydrogens (tertiary/aromatic N) is 1. The topological polar surface area (TPSA) is 51.2 Å². The van der Waals surface area contributed by atoms with E-state index in [1.807, 2.05) is 38.1 Å². The lowest BCUT2D eigenvalue weighted by molar-refractivity contribution is 0.0935. The molecule has 20 heavy (non-hydrogen) atoms. The Bertz CT molecular complexity index is 552. The van der Waals surface area contributed by atoms with Crippen molar-refractivity contribution in [1.82, 2.24) is 10.3 Å². The molecule has 0 aliphatic heterocycles. The zero-order valence-corrected chi connectivity index (χ0v) is 11.7. The van der Waals surface area contributed by atoms with E-state index < -0.39 is 0 Å². The van der Waals surface area contributed by atoms with E-state index in [4.69, 9.17) is 4.74 Å². The molecular weight excluding hydrogens is 252 g/mol. The van der Waals surface area contributed by atoms with E-state index in [0.717, 1.165) is 11.3 Å². The summed E-state index contributed by atoms with van der Waals surface area (Å²) in [5.41, 5.74) is 1.45. The van der Waals surface area contributed by atoms with Crippen molar-refractivity contribution in [3.05, 3.63) is 59.9 Å². The third kappa shape index (κ3) is 3.57. The van der Waals surface area contributed by atoms with E-state index >= 15 is 0 Å². The first-order chi connectivity index (χ1) is 9.70. The van der Waals surface area contributed by atoms with Crippen LogP contribution in [0.15, 0.2) is 48.7 Å². The molecule has 0 aliphatic carbocycles. The smallest absolute Gasteiger partial charge is 0.270 e. The van der Waals surface area contributed by atoms with Crippen LogP contribution in [0.3, 0.4) is 0 Å². The Hall–Kier alpha value is -2.36. The van der Waals surface area contributed by atoms with Crippen molar-refractivity contribution < 1.29 is 9.53 Å². The number of benzene rings is 1. The minimum absolute atomic E-state index is 0.0832. The number of pyridine rings is 1. The summed E-state index contributed by atoms with van der Waals surface area (Å²) in [6.07, 6.45) is 1.61. The Balaban J connectivity index is 2.01. The van der Waals surface area contributed by atoms with E-state index in [2.05, 4.69) is 10.3 Å². The van der Waals surface area contributed by atoms with Gasteiger partial charge in [-0.05, 0) is 43.7 Å². The van der Waals surface area contributed by atoms with Crippen LogP contribution >= 0.6 is 0 Å². The Kier molecular flexibility index (Phi) is 4.71. The van der Waals surface area contributed by atoms with Gasteiger partial charge in [0, 0.05) is 6.20 Å². The number of nitrogens with one attached hydrogen (secondary N) is 1. The highest BCUT2D eigenvalue weighted by Gasteiger charge is 2.12. The number of amides is 1. The molecule has 4 nitrogen and oxygen atoms in total. The molecule has 2 rings (SSSR count). The van der Waals surface area contributed by atoms with Crippen molar-refractivity contribution in [1.29, 1.82) is 0 Å². The summed E-state index contributed by atoms with van der Waals surface area (Å²) in [7, 11) is 0. The van der Waals surface area contributed by atoms with Crippen molar-refractivity contribution >= 4 is 5.91 Å². The fraction of sp³-hybridized carbons (Fsp3) is 0.250. The van der Waals surface area contributed by atoms with Crippen LogP contribution in [0.5, 0.6) is 5.75 Å². The summed E-state index contributed by atoms with van der Waals surface area (Å²) in [6, 6.07) is 12.9. The number of ether oxygens (including phenoxy) is 1. The molecular formula is C16H18N2O2. The van der Waals surface area contributed by atoms with Crippen molar-refractivity contribution in [3.63, 3.8) is 0 Å². The molecule has 2 aromatic rings. The maximum absolute atomic E-state index is 12.0. The zero-order chi connectivity index (χ0) is 14.4. The third-order valence-electron chi connectivity index (χ3n) is 2.94. The Morgan fingerprint density at radius 3 is 2.60 bits per heavy atom. The summed E-state index contributed by atoms with van der Waals surface area (Å²) in [4.78, 5) is 16.0. The lowest BCUT2D eigenvalue weighted by atomic mass is 10.1. The molecule has 4 heteroatoms. The van der Waals surface area contributed by atoms with Gasteiger partial charge in [-0.1, -0.05) is 18.2 Å². The molecule has 0 bridgehead atoms. The van der Waals surface area contributed by atoms with Crippen LogP contribution in [0.4, 0.5) is 0 Å². The average molecular weight is 270 g/mol. The fourth-order valence-corrected chi connectivity index (χ4v) is 1.87. The molecule has 0 radical (unpaired) electrons. The molecule has 1 atom stereocenters. The van der Waals surface area contributed by atoms with Crippen molar-refractivity contribution in [2.75, 3.05) is 6.61 Å². The van der Waals surface area contributed by atoms with Crippen molar-refractivity contribution in [2.24, 2.45) is 0 Å². The summed E-state index contributed by atoms with van der Waals surface area (Å²) in [5.74, 6) is 0.659. The minimum Gasteiger partial charge on any atom is -0.494 e. The maximum atomic E-state index is 12.0. The van der Waals surface area contributed by atoms with Gasteiger partial charge in [-0.2, -0.15) is 0 Å². The Labute approximate surface area is 118 Å². The van der Waals surface area contributed by atoms with Gasteiger partial charge in [-0.15, -0.1) is 0 Å². The Morgan fingerprint density at radius 1 is 1.25 bits per heavy atom. The molecule has 0 spiro atoms. The predicted molar refractivity (Wildman–Crippen MR) is 77.7 cm³/mol. The molecule has 0 aliphatic rings. The SMILES string of the molecule is CCOc1ccc(C(C)NC(=O)c2ccccn2)cc1. The molecule has 1 N–H and O–H groups in total. The molecule has 1 unspecified atom stereocenters. The molecule has 1 aromatic carbocycles. The highest BCUT2D eigenvalue weighted by atomic mass is 16.5. The fourth-order valence-electron chi connectivity index (χ4n) is 1.87. The van der Waals surface area contributed by atoms with Gasteiger partial charge in [-0.3, -0.25) is 9.78 Å². The minimum atomic E-state index is -0.174. The first-order valence-corrected chi connectivity index (χ1v) is 6.65. The standard InChI is InChI=1S/C16H18N2O2/c1-3-20-14-9-7-13(8-10-14)12(2)18-16(19)15-6-4-5-11-17-15/h4-12H,3H2,1-2H3,(H,18,19). The monoisotopic (exact) mass is 270 g/mol. The quantitative estimate of drug-likeness (QED) is 0.908. The van der Waals surface area contributed by atoms with E-state index in [0.29, 0.717) is 12.3 Å². The average Bonchev–Trinajstić information content (AvgIpc) is 2.49. The predicted octanol–water partition coefficient (Wildman–Crippen LogP) is 2.97. The highest BCUT2D eigenvalue weighted by molar-refractivity contribution is 5.92. The van der Waals surface area contributed by atoms with Crippen LogP contribution in [0.2, 0.25) is 0 Å². The summed E-state index contributed by atoms with van der Waals surface area (Å²) in [5, 5.41) is 2.92. The summed E-state index contributed by atoms with van der Waals surface area (Å²) < 4.78 is 5.39. The molecule has 0 saturated carbocycles. The van der Waals surface area contributed by atoms with Crippen LogP contribution in [-0.4, -0.2) is 17.5 Å². The van der Waals surface area contributed by atoms with Gasteiger partial charge >= 0.3 is 0 Å². The first-order valence-electron chi connectivity index (χ1n) is 6.65. The number of hydrogen-bond donors (Lipinski definition) is 1. The number of carbonyl (C=O) groups excluding carboxylic acids is 1. The molecule has 1 aromatic heterocycles. The third-order valence-corrected chi connectivity index (χ3v) is 2.94. The normalized spacial score (nSPS) is 11.7. The van der Waals surface area contributed by atoms with E-state index in [1.54, 1.807) is 24.4 Å². The van der Waals surface area contributed by atoms with E-state index in [-0.39, 0.29) is 11.9 Å². The van der Waals surface area contributed by atoms with Gasteiger partial charge in [0.25, 0.3) is 5.91 Å². The second-order valence-corrected chi connectivity index (χ2v) is 4.41. The number of carbonyl (C=O) groups is 1. The Morgan fingerprint density at radius 2 is 2.00 bits per heavy atom. The summed E-state index contributed by atoms with van der Waals surface area (Å²) in [6.45, 7) is 4.53. The maximum Gasteiger partial charge on any atom is 0.270 e. The molecule has 104 valence electrons. The lowest BCUT2D eigenvalue weighted by Crippen LogP contribution is -2.27.